The Morgan fingerprint density at radius 3 is 2.33 bits per heavy atom. The van der Waals surface area contributed by atoms with E-state index in [0.29, 0.717) is 13.0 Å². The van der Waals surface area contributed by atoms with E-state index >= 15 is 0 Å². The summed E-state index contributed by atoms with van der Waals surface area (Å²) in [6.45, 7) is 8.59. The lowest BCUT2D eigenvalue weighted by Gasteiger charge is -2.40. The van der Waals surface area contributed by atoms with E-state index in [1.165, 1.54) is 19.3 Å². The van der Waals surface area contributed by atoms with Gasteiger partial charge in [-0.05, 0) is 43.9 Å². The highest BCUT2D eigenvalue weighted by Crippen LogP contribution is 2.39. The summed E-state index contributed by atoms with van der Waals surface area (Å²) in [7, 11) is 0. The van der Waals surface area contributed by atoms with Crippen LogP contribution in [0.1, 0.15) is 85.0 Å². The number of hydrogen-bond acceptors (Lipinski definition) is 3. The number of nitrogens with zero attached hydrogens (tertiary/aromatic N) is 1. The number of likely N-dealkylation sites (tertiary alicyclic amines) is 1. The van der Waals surface area contributed by atoms with Crippen LogP contribution in [-0.2, 0) is 14.3 Å². The van der Waals surface area contributed by atoms with E-state index < -0.39 is 0 Å². The summed E-state index contributed by atoms with van der Waals surface area (Å²) in [5.41, 5.74) is -0.0313. The largest absolute Gasteiger partial charge is 0.370 e. The molecule has 1 N–H and O–H groups in total. The van der Waals surface area contributed by atoms with Crippen LogP contribution in [0.15, 0.2) is 0 Å². The summed E-state index contributed by atoms with van der Waals surface area (Å²) < 4.78 is 6.40. The van der Waals surface area contributed by atoms with Gasteiger partial charge in [-0.1, -0.05) is 40.0 Å². The second-order valence-electron chi connectivity index (χ2n) is 10.2. The number of piperidine rings is 1. The first-order valence-corrected chi connectivity index (χ1v) is 11.0. The maximum Gasteiger partial charge on any atom is 0.223 e. The Morgan fingerprint density at radius 2 is 1.70 bits per heavy atom. The molecule has 5 nitrogen and oxygen atoms in total. The molecule has 2 heterocycles. The summed E-state index contributed by atoms with van der Waals surface area (Å²) in [5, 5.41) is 3.14. The van der Waals surface area contributed by atoms with Crippen molar-refractivity contribution in [3.63, 3.8) is 0 Å². The molecule has 3 aliphatic rings. The molecule has 0 bridgehead atoms. The van der Waals surface area contributed by atoms with Crippen LogP contribution >= 0.6 is 0 Å². The summed E-state index contributed by atoms with van der Waals surface area (Å²) in [6.07, 6.45) is 10.4. The van der Waals surface area contributed by atoms with E-state index in [2.05, 4.69) is 26.1 Å². The smallest absolute Gasteiger partial charge is 0.223 e. The Hall–Kier alpha value is -1.10. The van der Waals surface area contributed by atoms with Crippen molar-refractivity contribution in [2.75, 3.05) is 19.6 Å². The highest BCUT2D eigenvalue weighted by atomic mass is 16.5. The lowest BCUT2D eigenvalue weighted by atomic mass is 9.87. The maximum absolute atomic E-state index is 12.4. The second-order valence-corrected chi connectivity index (χ2v) is 10.2. The Labute approximate surface area is 164 Å². The minimum Gasteiger partial charge on any atom is -0.370 e. The van der Waals surface area contributed by atoms with Crippen molar-refractivity contribution < 1.29 is 14.3 Å². The molecule has 154 valence electrons. The topological polar surface area (TPSA) is 58.6 Å². The fourth-order valence-electron chi connectivity index (χ4n) is 4.86. The van der Waals surface area contributed by atoms with Crippen LogP contribution in [0.5, 0.6) is 0 Å². The molecule has 0 unspecified atom stereocenters. The molecule has 1 saturated carbocycles. The van der Waals surface area contributed by atoms with Crippen LogP contribution in [0.2, 0.25) is 0 Å². The van der Waals surface area contributed by atoms with E-state index in [1.54, 1.807) is 0 Å². The van der Waals surface area contributed by atoms with Crippen LogP contribution in [0, 0.1) is 11.3 Å². The number of hydrogen-bond donors (Lipinski definition) is 1. The molecule has 3 rings (SSSR count). The van der Waals surface area contributed by atoms with E-state index in [-0.39, 0.29) is 34.9 Å². The molecule has 2 saturated heterocycles. The minimum atomic E-state index is -0.0707. The lowest BCUT2D eigenvalue weighted by Crippen LogP contribution is -2.48. The zero-order valence-electron chi connectivity index (χ0n) is 17.5. The first-order valence-electron chi connectivity index (χ1n) is 11.0. The van der Waals surface area contributed by atoms with Crippen molar-refractivity contribution in [1.29, 1.82) is 0 Å². The zero-order chi connectivity index (χ0) is 19.5. The van der Waals surface area contributed by atoms with Gasteiger partial charge < -0.3 is 15.0 Å². The fourth-order valence-corrected chi connectivity index (χ4v) is 4.86. The van der Waals surface area contributed by atoms with Gasteiger partial charge in [0.25, 0.3) is 0 Å². The van der Waals surface area contributed by atoms with E-state index in [4.69, 9.17) is 4.74 Å². The molecule has 2 amide bonds. The molecule has 5 heteroatoms. The third-order valence-corrected chi connectivity index (χ3v) is 6.53. The normalized spacial score (nSPS) is 26.3. The molecule has 1 aliphatic carbocycles. The van der Waals surface area contributed by atoms with E-state index in [1.807, 2.05) is 4.90 Å². The Kier molecular flexibility index (Phi) is 6.50. The van der Waals surface area contributed by atoms with Crippen molar-refractivity contribution in [3.8, 4) is 0 Å². The van der Waals surface area contributed by atoms with Crippen molar-refractivity contribution in [2.45, 2.75) is 96.7 Å². The van der Waals surface area contributed by atoms with Crippen molar-refractivity contribution in [1.82, 2.24) is 10.2 Å². The quantitative estimate of drug-likeness (QED) is 0.812. The average Bonchev–Trinajstić information content (AvgIpc) is 3.02. The Morgan fingerprint density at radius 1 is 1.04 bits per heavy atom. The molecule has 2 aliphatic heterocycles. The van der Waals surface area contributed by atoms with Crippen LogP contribution in [-0.4, -0.2) is 48.1 Å². The third kappa shape index (κ3) is 5.69. The van der Waals surface area contributed by atoms with E-state index in [0.717, 1.165) is 51.6 Å². The summed E-state index contributed by atoms with van der Waals surface area (Å²) >= 11 is 0. The van der Waals surface area contributed by atoms with Gasteiger partial charge in [0.1, 0.15) is 0 Å². The molecule has 1 spiro atoms. The first-order chi connectivity index (χ1) is 12.8. The predicted molar refractivity (Wildman–Crippen MR) is 106 cm³/mol. The summed E-state index contributed by atoms with van der Waals surface area (Å²) in [6, 6.07) is 0. The van der Waals surface area contributed by atoms with Crippen LogP contribution in [0.4, 0.5) is 0 Å². The number of ether oxygens (including phenoxy) is 1. The highest BCUT2D eigenvalue weighted by Gasteiger charge is 2.43. The molecule has 3 fully saturated rings. The molecule has 0 aromatic carbocycles. The number of rotatable bonds is 4. The van der Waals surface area contributed by atoms with Gasteiger partial charge >= 0.3 is 0 Å². The first kappa shape index (κ1) is 20.6. The van der Waals surface area contributed by atoms with Crippen LogP contribution in [0.25, 0.3) is 0 Å². The fraction of sp³-hybridized carbons (Fsp3) is 0.909. The summed E-state index contributed by atoms with van der Waals surface area (Å²) in [5.74, 6) is 0.708. The predicted octanol–water partition coefficient (Wildman–Crippen LogP) is 3.66. The lowest BCUT2D eigenvalue weighted by molar-refractivity contribution is -0.140. The van der Waals surface area contributed by atoms with Crippen molar-refractivity contribution in [3.05, 3.63) is 0 Å². The van der Waals surface area contributed by atoms with Gasteiger partial charge in [-0.2, -0.15) is 0 Å². The van der Waals surface area contributed by atoms with Gasteiger partial charge in [0.2, 0.25) is 11.8 Å². The van der Waals surface area contributed by atoms with Gasteiger partial charge in [0.05, 0.1) is 11.7 Å². The highest BCUT2D eigenvalue weighted by molar-refractivity contribution is 5.78. The zero-order valence-corrected chi connectivity index (χ0v) is 17.5. The maximum atomic E-state index is 12.4. The van der Waals surface area contributed by atoms with Gasteiger partial charge in [-0.3, -0.25) is 9.59 Å². The van der Waals surface area contributed by atoms with E-state index in [9.17, 15) is 9.59 Å². The van der Waals surface area contributed by atoms with Crippen molar-refractivity contribution >= 4 is 11.8 Å². The monoisotopic (exact) mass is 378 g/mol. The SMILES string of the molecule is CC(C)(C)CC(=O)N1CCC2(CC[C@@H](CNC(=O)C3CCCCC3)O2)CC1. The van der Waals surface area contributed by atoms with Crippen LogP contribution in [0.3, 0.4) is 0 Å². The van der Waals surface area contributed by atoms with Gasteiger partial charge in [0.15, 0.2) is 0 Å². The Bertz CT molecular complexity index is 526. The number of carbonyl (C=O) groups is 2. The van der Waals surface area contributed by atoms with Gasteiger partial charge in [-0.25, -0.2) is 0 Å². The average molecular weight is 379 g/mol. The minimum absolute atomic E-state index is 0.0394. The number of nitrogens with one attached hydrogen (secondary N) is 1. The molecule has 0 radical (unpaired) electrons. The molecule has 1 atom stereocenters. The molecular weight excluding hydrogens is 340 g/mol. The second kappa shape index (κ2) is 8.50. The Balaban J connectivity index is 1.40. The molecule has 0 aromatic heterocycles. The van der Waals surface area contributed by atoms with Crippen molar-refractivity contribution in [2.24, 2.45) is 11.3 Å². The number of amides is 2. The van der Waals surface area contributed by atoms with Gasteiger partial charge in [0, 0.05) is 32.0 Å². The van der Waals surface area contributed by atoms with Crippen LogP contribution < -0.4 is 5.32 Å². The number of carbonyl (C=O) groups excluding carboxylic acids is 2. The standard InChI is InChI=1S/C22H38N2O3/c1-21(2,3)15-19(25)24-13-11-22(12-14-24)10-9-18(27-22)16-23-20(26)17-7-5-4-6-8-17/h17-18H,4-16H2,1-3H3,(H,23,26)/t18-/m0/s1. The van der Waals surface area contributed by atoms with Gasteiger partial charge in [-0.15, -0.1) is 0 Å². The third-order valence-electron chi connectivity index (χ3n) is 6.53. The molecule has 0 aromatic rings. The summed E-state index contributed by atoms with van der Waals surface area (Å²) in [4.78, 5) is 26.8. The molecular formula is C22H38N2O3. The molecule has 27 heavy (non-hydrogen) atoms.